The average molecular weight is 248 g/mol. The third kappa shape index (κ3) is 2.77. The lowest BCUT2D eigenvalue weighted by atomic mass is 9.77. The molecule has 1 aliphatic rings. The van der Waals surface area contributed by atoms with Gasteiger partial charge in [0.05, 0.1) is 10.9 Å². The minimum absolute atomic E-state index is 0.133. The molecular formula is C12H24O3S. The van der Waals surface area contributed by atoms with Crippen molar-refractivity contribution in [1.29, 1.82) is 0 Å². The van der Waals surface area contributed by atoms with E-state index < -0.39 is 20.7 Å². The number of sulfone groups is 1. The maximum absolute atomic E-state index is 11.7. The second-order valence-corrected chi connectivity index (χ2v) is 8.45. The molecule has 1 N–H and O–H groups in total. The van der Waals surface area contributed by atoms with E-state index in [9.17, 15) is 13.5 Å². The summed E-state index contributed by atoms with van der Waals surface area (Å²) < 4.78 is 22.3. The van der Waals surface area contributed by atoms with Crippen LogP contribution in [0.2, 0.25) is 0 Å². The number of hydrogen-bond acceptors (Lipinski definition) is 3. The number of rotatable bonds is 3. The van der Waals surface area contributed by atoms with E-state index in [0.29, 0.717) is 5.92 Å². The van der Waals surface area contributed by atoms with E-state index in [1.165, 1.54) is 12.7 Å². The maximum Gasteiger partial charge on any atom is 0.155 e. The van der Waals surface area contributed by atoms with Crippen molar-refractivity contribution >= 4 is 9.84 Å². The summed E-state index contributed by atoms with van der Waals surface area (Å²) in [5.41, 5.74) is 0. The van der Waals surface area contributed by atoms with Gasteiger partial charge in [-0.15, -0.1) is 0 Å². The van der Waals surface area contributed by atoms with Gasteiger partial charge in [0.1, 0.15) is 0 Å². The Hall–Kier alpha value is -0.0900. The van der Waals surface area contributed by atoms with Gasteiger partial charge < -0.3 is 5.11 Å². The molecule has 0 aromatic carbocycles. The van der Waals surface area contributed by atoms with Gasteiger partial charge in [0.15, 0.2) is 9.84 Å². The fourth-order valence-corrected chi connectivity index (χ4v) is 3.19. The second kappa shape index (κ2) is 4.65. The maximum atomic E-state index is 11.7. The Kier molecular flexibility index (Phi) is 4.06. The summed E-state index contributed by atoms with van der Waals surface area (Å²) in [6, 6.07) is 0. The molecule has 1 aliphatic carbocycles. The molecule has 0 spiro atoms. The van der Waals surface area contributed by atoms with Gasteiger partial charge in [0.25, 0.3) is 0 Å². The van der Waals surface area contributed by atoms with Crippen LogP contribution in [0.4, 0.5) is 0 Å². The fraction of sp³-hybridized carbons (Fsp3) is 1.00. The molecule has 3 nitrogen and oxygen atoms in total. The minimum Gasteiger partial charge on any atom is -0.391 e. The predicted molar refractivity (Wildman–Crippen MR) is 66.1 cm³/mol. The number of hydrogen-bond donors (Lipinski definition) is 1. The zero-order valence-electron chi connectivity index (χ0n) is 10.7. The Balaban J connectivity index is 2.81. The fourth-order valence-electron chi connectivity index (χ4n) is 2.55. The summed E-state index contributed by atoms with van der Waals surface area (Å²) in [5, 5.41) is 10.3. The van der Waals surface area contributed by atoms with E-state index in [1.54, 1.807) is 13.8 Å². The van der Waals surface area contributed by atoms with Crippen molar-refractivity contribution in [2.75, 3.05) is 6.26 Å². The lowest BCUT2D eigenvalue weighted by molar-refractivity contribution is 0.0460. The van der Waals surface area contributed by atoms with Crippen molar-refractivity contribution in [1.82, 2.24) is 0 Å². The average Bonchev–Trinajstić information content (AvgIpc) is 2.14. The van der Waals surface area contributed by atoms with Crippen molar-refractivity contribution in [2.45, 2.75) is 57.3 Å². The van der Waals surface area contributed by atoms with Crippen molar-refractivity contribution in [3.63, 3.8) is 0 Å². The Bertz CT molecular complexity index is 332. The first-order valence-corrected chi connectivity index (χ1v) is 7.93. The van der Waals surface area contributed by atoms with E-state index in [0.717, 1.165) is 19.3 Å². The van der Waals surface area contributed by atoms with Gasteiger partial charge in [0.2, 0.25) is 0 Å². The Morgan fingerprint density at radius 3 is 2.31 bits per heavy atom. The van der Waals surface area contributed by atoms with Gasteiger partial charge in [-0.2, -0.15) is 0 Å². The van der Waals surface area contributed by atoms with Crippen molar-refractivity contribution in [3.8, 4) is 0 Å². The summed E-state index contributed by atoms with van der Waals surface area (Å²) in [6.45, 7) is 5.44. The summed E-state index contributed by atoms with van der Waals surface area (Å²) in [4.78, 5) is 0. The van der Waals surface area contributed by atoms with E-state index in [4.69, 9.17) is 0 Å². The molecule has 1 rings (SSSR count). The number of aliphatic hydroxyl groups is 1. The molecule has 0 aromatic rings. The molecule has 96 valence electrons. The van der Waals surface area contributed by atoms with E-state index >= 15 is 0 Å². The lowest BCUT2D eigenvalue weighted by Gasteiger charge is -2.38. The van der Waals surface area contributed by atoms with Crippen LogP contribution in [0.25, 0.3) is 0 Å². The summed E-state index contributed by atoms with van der Waals surface area (Å²) >= 11 is 0. The molecule has 0 radical (unpaired) electrons. The highest BCUT2D eigenvalue weighted by Gasteiger charge is 2.42. The van der Waals surface area contributed by atoms with Crippen LogP contribution in [0, 0.1) is 11.8 Å². The molecule has 0 heterocycles. The summed E-state index contributed by atoms with van der Waals surface area (Å²) in [6.07, 6.45) is 4.66. The van der Waals surface area contributed by atoms with Gasteiger partial charge in [-0.3, -0.25) is 0 Å². The molecule has 1 fully saturated rings. The molecule has 0 saturated heterocycles. The van der Waals surface area contributed by atoms with Gasteiger partial charge >= 0.3 is 0 Å². The second-order valence-electron chi connectivity index (χ2n) is 5.85. The van der Waals surface area contributed by atoms with Gasteiger partial charge in [-0.05, 0) is 38.5 Å². The molecule has 0 aromatic heterocycles. The zero-order valence-corrected chi connectivity index (χ0v) is 11.5. The van der Waals surface area contributed by atoms with Gasteiger partial charge in [0, 0.05) is 6.26 Å². The van der Waals surface area contributed by atoms with Crippen LogP contribution in [0.5, 0.6) is 0 Å². The van der Waals surface area contributed by atoms with Gasteiger partial charge in [-0.25, -0.2) is 8.42 Å². The summed E-state index contributed by atoms with van der Waals surface area (Å²) in [7, 11) is -3.22. The SMILES string of the molecule is CC1CCCC(C(O)C(C)(C)S(C)(=O)=O)C1. The normalized spacial score (nSPS) is 30.1. The first-order chi connectivity index (χ1) is 7.16. The zero-order chi connectivity index (χ0) is 12.6. The smallest absolute Gasteiger partial charge is 0.155 e. The quantitative estimate of drug-likeness (QED) is 0.831. The van der Waals surface area contributed by atoms with E-state index in [-0.39, 0.29) is 5.92 Å². The van der Waals surface area contributed by atoms with E-state index in [2.05, 4.69) is 6.92 Å². The number of aliphatic hydroxyl groups excluding tert-OH is 1. The third-order valence-corrected chi connectivity index (χ3v) is 6.24. The minimum atomic E-state index is -3.22. The van der Waals surface area contributed by atoms with Crippen LogP contribution < -0.4 is 0 Å². The molecule has 0 aliphatic heterocycles. The monoisotopic (exact) mass is 248 g/mol. The molecule has 3 unspecified atom stereocenters. The molecule has 3 atom stereocenters. The first-order valence-electron chi connectivity index (χ1n) is 6.04. The van der Waals surface area contributed by atoms with Crippen LogP contribution in [-0.2, 0) is 9.84 Å². The highest BCUT2D eigenvalue weighted by molar-refractivity contribution is 7.92. The highest BCUT2D eigenvalue weighted by atomic mass is 32.2. The molecular weight excluding hydrogens is 224 g/mol. The van der Waals surface area contributed by atoms with Crippen molar-refractivity contribution < 1.29 is 13.5 Å². The molecule has 0 bridgehead atoms. The third-order valence-electron chi connectivity index (χ3n) is 4.09. The molecule has 4 heteroatoms. The standard InChI is InChI=1S/C12H24O3S/c1-9-6-5-7-10(8-9)11(13)12(2,3)16(4,14)15/h9-11,13H,5-8H2,1-4H3. The largest absolute Gasteiger partial charge is 0.391 e. The topological polar surface area (TPSA) is 54.4 Å². The first kappa shape index (κ1) is 14.0. The van der Waals surface area contributed by atoms with Crippen LogP contribution >= 0.6 is 0 Å². The summed E-state index contributed by atoms with van der Waals surface area (Å²) in [5.74, 6) is 0.734. The van der Waals surface area contributed by atoms with Crippen molar-refractivity contribution in [3.05, 3.63) is 0 Å². The van der Waals surface area contributed by atoms with Crippen LogP contribution in [0.15, 0.2) is 0 Å². The Labute approximate surface area is 99.2 Å². The Morgan fingerprint density at radius 2 is 1.88 bits per heavy atom. The van der Waals surface area contributed by atoms with Crippen LogP contribution in [0.1, 0.15) is 46.5 Å². The molecule has 16 heavy (non-hydrogen) atoms. The highest BCUT2D eigenvalue weighted by Crippen LogP contribution is 2.36. The molecule has 0 amide bonds. The van der Waals surface area contributed by atoms with Crippen molar-refractivity contribution in [2.24, 2.45) is 11.8 Å². The Morgan fingerprint density at radius 1 is 1.31 bits per heavy atom. The van der Waals surface area contributed by atoms with Gasteiger partial charge in [-0.1, -0.05) is 19.8 Å². The van der Waals surface area contributed by atoms with Crippen LogP contribution in [0.3, 0.4) is 0 Å². The molecule has 1 saturated carbocycles. The van der Waals surface area contributed by atoms with Crippen LogP contribution in [-0.4, -0.2) is 30.6 Å². The lowest BCUT2D eigenvalue weighted by Crippen LogP contribution is -2.48. The van der Waals surface area contributed by atoms with E-state index in [1.807, 2.05) is 0 Å². The predicted octanol–water partition coefficient (Wildman–Crippen LogP) is 2.00.